The van der Waals surface area contributed by atoms with Gasteiger partial charge in [0.25, 0.3) is 0 Å². The molecule has 1 heterocycles. The smallest absolute Gasteiger partial charge is 0.314 e. The Bertz CT molecular complexity index is 565. The van der Waals surface area contributed by atoms with Gasteiger partial charge in [0, 0.05) is 31.4 Å². The highest BCUT2D eigenvalue weighted by molar-refractivity contribution is 6.02. The Kier molecular flexibility index (Phi) is 7.48. The molecule has 1 aliphatic rings. The standard InChI is InChI=1S/C16H24N4O2.ClH/c1-11-4-5-14(12(2)8-11)18-16(22)19-15(21)10-20-7-6-17-9-13(20)3;/h4-5,8,13,17H,6-7,9-10H2,1-3H3,(H2,18,19,21,22);1H/t13-;/m1./s1. The Morgan fingerprint density at radius 3 is 2.74 bits per heavy atom. The Morgan fingerprint density at radius 2 is 2.09 bits per heavy atom. The Morgan fingerprint density at radius 1 is 1.35 bits per heavy atom. The van der Waals surface area contributed by atoms with E-state index in [1.165, 1.54) is 0 Å². The number of imide groups is 1. The van der Waals surface area contributed by atoms with Gasteiger partial charge >= 0.3 is 6.03 Å². The number of hydrogen-bond acceptors (Lipinski definition) is 4. The Balaban J connectivity index is 0.00000264. The molecule has 1 fully saturated rings. The van der Waals surface area contributed by atoms with E-state index in [9.17, 15) is 9.59 Å². The van der Waals surface area contributed by atoms with Crippen LogP contribution in [0.4, 0.5) is 10.5 Å². The summed E-state index contributed by atoms with van der Waals surface area (Å²) >= 11 is 0. The molecule has 6 nitrogen and oxygen atoms in total. The van der Waals surface area contributed by atoms with Gasteiger partial charge in [0.15, 0.2) is 0 Å². The second kappa shape index (κ2) is 8.86. The summed E-state index contributed by atoms with van der Waals surface area (Å²) in [5, 5.41) is 8.37. The number of anilines is 1. The molecule has 0 aromatic heterocycles. The van der Waals surface area contributed by atoms with Crippen LogP contribution in [0.5, 0.6) is 0 Å². The summed E-state index contributed by atoms with van der Waals surface area (Å²) in [6.45, 7) is 8.77. The van der Waals surface area contributed by atoms with Crippen LogP contribution in [0, 0.1) is 13.8 Å². The number of amides is 3. The maximum Gasteiger partial charge on any atom is 0.325 e. The van der Waals surface area contributed by atoms with E-state index < -0.39 is 6.03 Å². The quantitative estimate of drug-likeness (QED) is 0.782. The fourth-order valence-corrected chi connectivity index (χ4v) is 2.58. The molecular weight excluding hydrogens is 316 g/mol. The second-order valence-electron chi connectivity index (χ2n) is 5.84. The number of benzene rings is 1. The van der Waals surface area contributed by atoms with Gasteiger partial charge in [-0.3, -0.25) is 15.0 Å². The van der Waals surface area contributed by atoms with Crippen molar-refractivity contribution in [3.63, 3.8) is 0 Å². The van der Waals surface area contributed by atoms with Crippen molar-refractivity contribution in [1.29, 1.82) is 0 Å². The van der Waals surface area contributed by atoms with E-state index in [0.29, 0.717) is 11.7 Å². The average Bonchev–Trinajstić information content (AvgIpc) is 2.44. The van der Waals surface area contributed by atoms with Crippen LogP contribution in [-0.2, 0) is 4.79 Å². The lowest BCUT2D eigenvalue weighted by molar-refractivity contribution is -0.121. The molecule has 1 aliphatic heterocycles. The van der Waals surface area contributed by atoms with Crippen LogP contribution in [-0.4, -0.2) is 49.1 Å². The maximum absolute atomic E-state index is 12.0. The molecule has 3 N–H and O–H groups in total. The summed E-state index contributed by atoms with van der Waals surface area (Å²) in [7, 11) is 0. The number of piperazine rings is 1. The van der Waals surface area contributed by atoms with Crippen LogP contribution in [0.1, 0.15) is 18.1 Å². The third-order valence-corrected chi connectivity index (χ3v) is 3.87. The Labute approximate surface area is 143 Å². The molecule has 1 atom stereocenters. The van der Waals surface area contributed by atoms with Crippen LogP contribution in [0.2, 0.25) is 0 Å². The fourth-order valence-electron chi connectivity index (χ4n) is 2.58. The molecule has 128 valence electrons. The van der Waals surface area contributed by atoms with Crippen molar-refractivity contribution < 1.29 is 9.59 Å². The van der Waals surface area contributed by atoms with Crippen molar-refractivity contribution in [1.82, 2.24) is 15.5 Å². The minimum Gasteiger partial charge on any atom is -0.314 e. The summed E-state index contributed by atoms with van der Waals surface area (Å²) in [6, 6.07) is 5.56. The van der Waals surface area contributed by atoms with Gasteiger partial charge in [-0.1, -0.05) is 17.7 Å². The second-order valence-corrected chi connectivity index (χ2v) is 5.84. The van der Waals surface area contributed by atoms with Crippen molar-refractivity contribution in [3.8, 4) is 0 Å². The molecular formula is C16H25ClN4O2. The van der Waals surface area contributed by atoms with E-state index in [1.807, 2.05) is 32.0 Å². The van der Waals surface area contributed by atoms with Gasteiger partial charge < -0.3 is 10.6 Å². The lowest BCUT2D eigenvalue weighted by atomic mass is 10.1. The molecule has 23 heavy (non-hydrogen) atoms. The SMILES string of the molecule is Cc1ccc(NC(=O)NC(=O)CN2CCNC[C@H]2C)c(C)c1.Cl. The number of hydrogen-bond donors (Lipinski definition) is 3. The zero-order valence-corrected chi connectivity index (χ0v) is 14.6. The number of carbonyl (C=O) groups excluding carboxylic acids is 2. The predicted octanol–water partition coefficient (Wildman–Crippen LogP) is 1.67. The third-order valence-electron chi connectivity index (χ3n) is 3.87. The van der Waals surface area contributed by atoms with E-state index in [4.69, 9.17) is 0 Å². The summed E-state index contributed by atoms with van der Waals surface area (Å²) < 4.78 is 0. The highest BCUT2D eigenvalue weighted by Gasteiger charge is 2.21. The van der Waals surface area contributed by atoms with Crippen LogP contribution >= 0.6 is 12.4 Å². The summed E-state index contributed by atoms with van der Waals surface area (Å²) in [4.78, 5) is 25.9. The van der Waals surface area contributed by atoms with Crippen molar-refractivity contribution in [2.24, 2.45) is 0 Å². The Hall–Kier alpha value is -1.63. The molecule has 0 radical (unpaired) electrons. The predicted molar refractivity (Wildman–Crippen MR) is 94.2 cm³/mol. The number of carbonyl (C=O) groups is 2. The van der Waals surface area contributed by atoms with Crippen LogP contribution in [0.15, 0.2) is 18.2 Å². The summed E-state index contributed by atoms with van der Waals surface area (Å²) in [5.41, 5.74) is 2.82. The largest absolute Gasteiger partial charge is 0.325 e. The molecule has 0 bridgehead atoms. The third kappa shape index (κ3) is 5.82. The summed E-state index contributed by atoms with van der Waals surface area (Å²) in [6.07, 6.45) is 0. The topological polar surface area (TPSA) is 73.5 Å². The van der Waals surface area contributed by atoms with Crippen LogP contribution in [0.25, 0.3) is 0 Å². The van der Waals surface area contributed by atoms with Gasteiger partial charge in [-0.15, -0.1) is 12.4 Å². The molecule has 2 rings (SSSR count). The van der Waals surface area contributed by atoms with E-state index in [-0.39, 0.29) is 24.9 Å². The van der Waals surface area contributed by atoms with Crippen molar-refractivity contribution in [2.45, 2.75) is 26.8 Å². The highest BCUT2D eigenvalue weighted by atomic mass is 35.5. The van der Waals surface area contributed by atoms with Gasteiger partial charge in [0.05, 0.1) is 6.54 Å². The molecule has 0 saturated carbocycles. The fraction of sp³-hybridized carbons (Fsp3) is 0.500. The maximum atomic E-state index is 12.0. The molecule has 7 heteroatoms. The molecule has 0 spiro atoms. The van der Waals surface area contributed by atoms with Gasteiger partial charge in [-0.2, -0.15) is 0 Å². The first kappa shape index (κ1) is 19.4. The van der Waals surface area contributed by atoms with E-state index in [0.717, 1.165) is 30.8 Å². The van der Waals surface area contributed by atoms with E-state index in [1.54, 1.807) is 0 Å². The van der Waals surface area contributed by atoms with Gasteiger partial charge in [0.1, 0.15) is 0 Å². The molecule has 0 aliphatic carbocycles. The first-order chi connectivity index (χ1) is 10.5. The van der Waals surface area contributed by atoms with Gasteiger partial charge in [-0.05, 0) is 32.4 Å². The van der Waals surface area contributed by atoms with Gasteiger partial charge in [0.2, 0.25) is 5.91 Å². The number of aryl methyl sites for hydroxylation is 2. The first-order valence-electron chi connectivity index (χ1n) is 7.58. The van der Waals surface area contributed by atoms with Gasteiger partial charge in [-0.25, -0.2) is 4.79 Å². The molecule has 1 aromatic rings. The number of nitrogens with one attached hydrogen (secondary N) is 3. The van der Waals surface area contributed by atoms with Crippen molar-refractivity contribution >= 4 is 30.0 Å². The number of halogens is 1. The summed E-state index contributed by atoms with van der Waals surface area (Å²) in [5.74, 6) is -0.281. The number of nitrogens with zero attached hydrogens (tertiary/aromatic N) is 1. The van der Waals surface area contributed by atoms with Crippen LogP contribution in [0.3, 0.4) is 0 Å². The molecule has 1 saturated heterocycles. The van der Waals surface area contributed by atoms with Crippen LogP contribution < -0.4 is 16.0 Å². The zero-order chi connectivity index (χ0) is 16.1. The molecule has 3 amide bonds. The minimum absolute atomic E-state index is 0. The van der Waals surface area contributed by atoms with E-state index in [2.05, 4.69) is 27.8 Å². The van der Waals surface area contributed by atoms with Crippen molar-refractivity contribution in [2.75, 3.05) is 31.5 Å². The van der Waals surface area contributed by atoms with E-state index >= 15 is 0 Å². The minimum atomic E-state index is -0.486. The average molecular weight is 341 g/mol. The lowest BCUT2D eigenvalue weighted by Crippen LogP contribution is -2.53. The normalized spacial score (nSPS) is 18.0. The first-order valence-corrected chi connectivity index (χ1v) is 7.58. The lowest BCUT2D eigenvalue weighted by Gasteiger charge is -2.33. The monoisotopic (exact) mass is 340 g/mol. The number of urea groups is 1. The molecule has 1 aromatic carbocycles. The zero-order valence-electron chi connectivity index (χ0n) is 13.8. The van der Waals surface area contributed by atoms with Crippen molar-refractivity contribution in [3.05, 3.63) is 29.3 Å². The highest BCUT2D eigenvalue weighted by Crippen LogP contribution is 2.15. The molecule has 0 unspecified atom stereocenters. The number of rotatable bonds is 3.